The zero-order valence-corrected chi connectivity index (χ0v) is 17.8. The van der Waals surface area contributed by atoms with Crippen LogP contribution < -0.4 is 10.1 Å². The van der Waals surface area contributed by atoms with E-state index in [2.05, 4.69) is 5.32 Å². The minimum atomic E-state index is -0.593. The SMILES string of the molecule is CCCOc1ccccc1C=C(C#N)C(=O)Nc1sc(C)c(C)c1C(=O)OCC. The summed E-state index contributed by atoms with van der Waals surface area (Å²) in [5.41, 5.74) is 1.63. The molecule has 0 radical (unpaired) electrons. The summed E-state index contributed by atoms with van der Waals surface area (Å²) in [5, 5.41) is 12.6. The van der Waals surface area contributed by atoms with Crippen LogP contribution in [-0.4, -0.2) is 25.1 Å². The van der Waals surface area contributed by atoms with Crippen LogP contribution in [-0.2, 0) is 9.53 Å². The molecule has 1 heterocycles. The van der Waals surface area contributed by atoms with Gasteiger partial charge in [0.1, 0.15) is 22.4 Å². The summed E-state index contributed by atoms with van der Waals surface area (Å²) in [4.78, 5) is 25.9. The Morgan fingerprint density at radius 2 is 1.97 bits per heavy atom. The number of carbonyl (C=O) groups excluding carboxylic acids is 2. The molecule has 0 atom stereocenters. The number of aryl methyl sites for hydroxylation is 1. The van der Waals surface area contributed by atoms with E-state index in [0.29, 0.717) is 28.5 Å². The number of hydrogen-bond acceptors (Lipinski definition) is 6. The normalized spacial score (nSPS) is 10.9. The summed E-state index contributed by atoms with van der Waals surface area (Å²) in [6.07, 6.45) is 2.33. The number of anilines is 1. The largest absolute Gasteiger partial charge is 0.493 e. The van der Waals surface area contributed by atoms with E-state index in [1.54, 1.807) is 26.0 Å². The van der Waals surface area contributed by atoms with Crippen LogP contribution in [0.2, 0.25) is 0 Å². The average Bonchev–Trinajstić information content (AvgIpc) is 2.98. The number of nitrogens with one attached hydrogen (secondary N) is 1. The van der Waals surface area contributed by atoms with Gasteiger partial charge in [-0.05, 0) is 44.9 Å². The Kier molecular flexibility index (Phi) is 7.98. The zero-order chi connectivity index (χ0) is 21.4. The van der Waals surface area contributed by atoms with Crippen LogP contribution in [0.4, 0.5) is 5.00 Å². The third kappa shape index (κ3) is 5.46. The summed E-state index contributed by atoms with van der Waals surface area (Å²) in [6.45, 7) is 8.16. The number of para-hydroxylation sites is 1. The first-order chi connectivity index (χ1) is 13.9. The van der Waals surface area contributed by atoms with Crippen molar-refractivity contribution in [1.82, 2.24) is 0 Å². The lowest BCUT2D eigenvalue weighted by molar-refractivity contribution is -0.112. The summed E-state index contributed by atoms with van der Waals surface area (Å²) < 4.78 is 10.8. The van der Waals surface area contributed by atoms with Crippen molar-refractivity contribution in [3.8, 4) is 11.8 Å². The Morgan fingerprint density at radius 3 is 2.62 bits per heavy atom. The van der Waals surface area contributed by atoms with Crippen LogP contribution in [0.1, 0.15) is 46.6 Å². The average molecular weight is 413 g/mol. The van der Waals surface area contributed by atoms with E-state index in [9.17, 15) is 14.9 Å². The van der Waals surface area contributed by atoms with Gasteiger partial charge in [-0.15, -0.1) is 11.3 Å². The van der Waals surface area contributed by atoms with Crippen molar-refractivity contribution in [3.63, 3.8) is 0 Å². The molecule has 0 fully saturated rings. The second-order valence-electron chi connectivity index (χ2n) is 6.22. The zero-order valence-electron chi connectivity index (χ0n) is 17.0. The maximum absolute atomic E-state index is 12.7. The van der Waals surface area contributed by atoms with Crippen molar-refractivity contribution in [3.05, 3.63) is 51.4 Å². The quantitative estimate of drug-likeness (QED) is 0.379. The topological polar surface area (TPSA) is 88.4 Å². The molecule has 29 heavy (non-hydrogen) atoms. The van der Waals surface area contributed by atoms with Crippen molar-refractivity contribution in [2.75, 3.05) is 18.5 Å². The number of ether oxygens (including phenoxy) is 2. The summed E-state index contributed by atoms with van der Waals surface area (Å²) in [5.74, 6) is -0.486. The van der Waals surface area contributed by atoms with Gasteiger partial charge in [0, 0.05) is 10.4 Å². The van der Waals surface area contributed by atoms with E-state index >= 15 is 0 Å². The highest BCUT2D eigenvalue weighted by atomic mass is 32.1. The van der Waals surface area contributed by atoms with E-state index in [0.717, 1.165) is 16.9 Å². The van der Waals surface area contributed by atoms with Crippen molar-refractivity contribution in [1.29, 1.82) is 5.26 Å². The van der Waals surface area contributed by atoms with E-state index in [-0.39, 0.29) is 12.2 Å². The fraction of sp³-hybridized carbons (Fsp3) is 0.318. The van der Waals surface area contributed by atoms with Gasteiger partial charge in [-0.2, -0.15) is 5.26 Å². The van der Waals surface area contributed by atoms with Crippen LogP contribution in [0.5, 0.6) is 5.75 Å². The van der Waals surface area contributed by atoms with Crippen molar-refractivity contribution >= 4 is 34.3 Å². The fourth-order valence-corrected chi connectivity index (χ4v) is 3.63. The molecule has 0 bridgehead atoms. The smallest absolute Gasteiger partial charge is 0.341 e. The monoisotopic (exact) mass is 412 g/mol. The number of nitrogens with zero attached hydrogens (tertiary/aromatic N) is 1. The predicted octanol–water partition coefficient (Wildman–Crippen LogP) is 4.88. The van der Waals surface area contributed by atoms with Gasteiger partial charge in [0.05, 0.1) is 18.8 Å². The van der Waals surface area contributed by atoms with E-state index < -0.39 is 11.9 Å². The van der Waals surface area contributed by atoms with Crippen LogP contribution in [0.3, 0.4) is 0 Å². The Labute approximate surface area is 174 Å². The molecule has 152 valence electrons. The molecule has 0 unspecified atom stereocenters. The minimum Gasteiger partial charge on any atom is -0.493 e. The fourth-order valence-electron chi connectivity index (χ4n) is 2.58. The highest BCUT2D eigenvalue weighted by molar-refractivity contribution is 7.16. The van der Waals surface area contributed by atoms with E-state index in [1.165, 1.54) is 17.4 Å². The number of carbonyl (C=O) groups is 2. The molecule has 7 heteroatoms. The predicted molar refractivity (Wildman–Crippen MR) is 114 cm³/mol. The van der Waals surface area contributed by atoms with Gasteiger partial charge in [-0.3, -0.25) is 4.79 Å². The number of hydrogen-bond donors (Lipinski definition) is 1. The molecule has 0 aliphatic carbocycles. The summed E-state index contributed by atoms with van der Waals surface area (Å²) in [7, 11) is 0. The van der Waals surface area contributed by atoms with E-state index in [4.69, 9.17) is 9.47 Å². The maximum Gasteiger partial charge on any atom is 0.341 e. The molecule has 1 aromatic carbocycles. The number of thiophene rings is 1. The van der Waals surface area contributed by atoms with Gasteiger partial charge >= 0.3 is 5.97 Å². The van der Waals surface area contributed by atoms with Gasteiger partial charge in [0.2, 0.25) is 0 Å². The Bertz CT molecular complexity index is 970. The van der Waals surface area contributed by atoms with Crippen molar-refractivity contribution < 1.29 is 19.1 Å². The lowest BCUT2D eigenvalue weighted by Crippen LogP contribution is -2.16. The summed E-state index contributed by atoms with van der Waals surface area (Å²) in [6, 6.07) is 9.14. The molecule has 2 aromatic rings. The third-order valence-electron chi connectivity index (χ3n) is 4.14. The van der Waals surface area contributed by atoms with Crippen LogP contribution >= 0.6 is 11.3 Å². The number of benzene rings is 1. The first-order valence-electron chi connectivity index (χ1n) is 9.34. The van der Waals surface area contributed by atoms with Crippen LogP contribution in [0, 0.1) is 25.2 Å². The van der Waals surface area contributed by atoms with Gasteiger partial charge in [0.25, 0.3) is 5.91 Å². The van der Waals surface area contributed by atoms with Crippen LogP contribution in [0.15, 0.2) is 29.8 Å². The van der Waals surface area contributed by atoms with Gasteiger partial charge in [0.15, 0.2) is 0 Å². The highest BCUT2D eigenvalue weighted by Gasteiger charge is 2.23. The lowest BCUT2D eigenvalue weighted by Gasteiger charge is -2.09. The lowest BCUT2D eigenvalue weighted by atomic mass is 10.1. The number of rotatable bonds is 8. The van der Waals surface area contributed by atoms with Gasteiger partial charge in [-0.1, -0.05) is 25.1 Å². The third-order valence-corrected chi connectivity index (χ3v) is 5.26. The molecule has 0 spiro atoms. The van der Waals surface area contributed by atoms with Crippen molar-refractivity contribution in [2.24, 2.45) is 0 Å². The molecular formula is C22H24N2O4S. The molecule has 0 aliphatic rings. The van der Waals surface area contributed by atoms with Crippen molar-refractivity contribution in [2.45, 2.75) is 34.1 Å². The second kappa shape index (κ2) is 10.4. The van der Waals surface area contributed by atoms with Gasteiger partial charge < -0.3 is 14.8 Å². The molecule has 6 nitrogen and oxygen atoms in total. The number of amides is 1. The Morgan fingerprint density at radius 1 is 1.24 bits per heavy atom. The number of esters is 1. The second-order valence-corrected chi connectivity index (χ2v) is 7.44. The maximum atomic E-state index is 12.7. The molecule has 1 amide bonds. The molecule has 0 saturated heterocycles. The summed E-state index contributed by atoms with van der Waals surface area (Å²) >= 11 is 1.28. The first-order valence-corrected chi connectivity index (χ1v) is 10.2. The van der Waals surface area contributed by atoms with Crippen LogP contribution in [0.25, 0.3) is 6.08 Å². The Balaban J connectivity index is 2.33. The number of nitriles is 1. The molecule has 1 aromatic heterocycles. The molecule has 0 saturated carbocycles. The van der Waals surface area contributed by atoms with Gasteiger partial charge in [-0.25, -0.2) is 4.79 Å². The molecular weight excluding hydrogens is 388 g/mol. The Hall–Kier alpha value is -3.11. The minimum absolute atomic E-state index is 0.0870. The molecule has 1 N–H and O–H groups in total. The standard InChI is InChI=1S/C22H24N2O4S/c1-5-11-28-18-10-8-7-9-16(18)12-17(13-23)20(25)24-21-19(22(26)27-6-2)14(3)15(4)29-21/h7-10,12H,5-6,11H2,1-4H3,(H,24,25). The highest BCUT2D eigenvalue weighted by Crippen LogP contribution is 2.33. The molecule has 2 rings (SSSR count). The molecule has 0 aliphatic heterocycles. The van der Waals surface area contributed by atoms with E-state index in [1.807, 2.05) is 32.0 Å². The first kappa shape index (κ1) is 22.2.